The van der Waals surface area contributed by atoms with Crippen LogP contribution in [0, 0.1) is 0 Å². The SMILES string of the molecule is COc1ccc(C2(c3ccc(OC)cc3)SC2(c2ccc(OC)cc2)c2ccc(OC)cc2)cc1. The second-order valence-electron chi connectivity index (χ2n) is 8.38. The highest BCUT2D eigenvalue weighted by Gasteiger charge is 2.72. The topological polar surface area (TPSA) is 36.9 Å². The Hall–Kier alpha value is -3.57. The van der Waals surface area contributed by atoms with Crippen molar-refractivity contribution in [3.8, 4) is 23.0 Å². The molecule has 0 radical (unpaired) electrons. The summed E-state index contributed by atoms with van der Waals surface area (Å²) in [5, 5.41) is 0. The van der Waals surface area contributed by atoms with Gasteiger partial charge in [-0.2, -0.15) is 0 Å². The molecule has 1 aliphatic heterocycles. The van der Waals surface area contributed by atoms with E-state index in [1.807, 2.05) is 60.3 Å². The van der Waals surface area contributed by atoms with Crippen molar-refractivity contribution < 1.29 is 18.9 Å². The van der Waals surface area contributed by atoms with Gasteiger partial charge in [-0.05, 0) is 70.8 Å². The van der Waals surface area contributed by atoms with Crippen LogP contribution in [0.25, 0.3) is 0 Å². The lowest BCUT2D eigenvalue weighted by atomic mass is 9.73. The molecule has 5 rings (SSSR count). The van der Waals surface area contributed by atoms with E-state index in [0.29, 0.717) is 0 Å². The third-order valence-corrected chi connectivity index (χ3v) is 8.71. The lowest BCUT2D eigenvalue weighted by Gasteiger charge is -2.26. The van der Waals surface area contributed by atoms with Gasteiger partial charge in [-0.1, -0.05) is 48.5 Å². The van der Waals surface area contributed by atoms with Crippen LogP contribution in [-0.4, -0.2) is 28.4 Å². The van der Waals surface area contributed by atoms with Gasteiger partial charge in [-0.15, -0.1) is 11.8 Å². The first-order chi connectivity index (χ1) is 17.1. The van der Waals surface area contributed by atoms with Gasteiger partial charge in [0.05, 0.1) is 37.9 Å². The molecule has 1 fully saturated rings. The van der Waals surface area contributed by atoms with E-state index in [0.717, 1.165) is 23.0 Å². The lowest BCUT2D eigenvalue weighted by Crippen LogP contribution is -2.25. The highest BCUT2D eigenvalue weighted by atomic mass is 32.2. The molecule has 4 nitrogen and oxygen atoms in total. The number of benzene rings is 4. The zero-order valence-electron chi connectivity index (χ0n) is 20.3. The van der Waals surface area contributed by atoms with Gasteiger partial charge < -0.3 is 18.9 Å². The van der Waals surface area contributed by atoms with Crippen molar-refractivity contribution in [2.24, 2.45) is 0 Å². The Balaban J connectivity index is 1.76. The fraction of sp³-hybridized carbons (Fsp3) is 0.200. The maximum atomic E-state index is 5.46. The van der Waals surface area contributed by atoms with Gasteiger partial charge in [0, 0.05) is 0 Å². The highest BCUT2D eigenvalue weighted by molar-refractivity contribution is 8.09. The molecule has 0 spiro atoms. The minimum absolute atomic E-state index is 0.352. The van der Waals surface area contributed by atoms with Crippen LogP contribution in [0.3, 0.4) is 0 Å². The van der Waals surface area contributed by atoms with Gasteiger partial charge in [0.2, 0.25) is 0 Å². The number of thioether (sulfide) groups is 1. The Labute approximate surface area is 210 Å². The third kappa shape index (κ3) is 3.71. The van der Waals surface area contributed by atoms with Crippen molar-refractivity contribution in [1.82, 2.24) is 0 Å². The number of hydrogen-bond donors (Lipinski definition) is 0. The van der Waals surface area contributed by atoms with E-state index < -0.39 is 0 Å². The second kappa shape index (κ2) is 9.23. The molecule has 4 aromatic rings. The van der Waals surface area contributed by atoms with E-state index in [-0.39, 0.29) is 9.49 Å². The molecule has 0 bridgehead atoms. The largest absolute Gasteiger partial charge is 0.497 e. The van der Waals surface area contributed by atoms with Gasteiger partial charge in [-0.25, -0.2) is 0 Å². The normalized spacial score (nSPS) is 15.2. The van der Waals surface area contributed by atoms with Crippen molar-refractivity contribution in [3.05, 3.63) is 119 Å². The van der Waals surface area contributed by atoms with Crippen molar-refractivity contribution in [2.75, 3.05) is 28.4 Å². The zero-order chi connectivity index (χ0) is 24.5. The second-order valence-corrected chi connectivity index (χ2v) is 9.81. The van der Waals surface area contributed by atoms with Crippen molar-refractivity contribution in [2.45, 2.75) is 9.49 Å². The molecule has 1 heterocycles. The van der Waals surface area contributed by atoms with Crippen LogP contribution >= 0.6 is 11.8 Å². The first kappa shape index (κ1) is 23.2. The average Bonchev–Trinajstić information content (AvgIpc) is 3.65. The Morgan fingerprint density at radius 3 is 0.743 bits per heavy atom. The van der Waals surface area contributed by atoms with Gasteiger partial charge in [-0.3, -0.25) is 0 Å². The first-order valence-electron chi connectivity index (χ1n) is 11.4. The molecule has 0 amide bonds. The van der Waals surface area contributed by atoms with Gasteiger partial charge >= 0.3 is 0 Å². The third-order valence-electron chi connectivity index (χ3n) is 6.75. The molecular weight excluding hydrogens is 456 g/mol. The number of rotatable bonds is 8. The smallest absolute Gasteiger partial charge is 0.118 e. The zero-order valence-corrected chi connectivity index (χ0v) is 21.1. The summed E-state index contributed by atoms with van der Waals surface area (Å²) in [5.74, 6) is 3.35. The molecule has 5 heteroatoms. The van der Waals surface area contributed by atoms with Gasteiger partial charge in [0.25, 0.3) is 0 Å². The molecule has 4 aromatic carbocycles. The van der Waals surface area contributed by atoms with Gasteiger partial charge in [0.15, 0.2) is 0 Å². The molecule has 0 N–H and O–H groups in total. The predicted octanol–water partition coefficient (Wildman–Crippen LogP) is 6.66. The number of ether oxygens (including phenoxy) is 4. The predicted molar refractivity (Wildman–Crippen MR) is 141 cm³/mol. The van der Waals surface area contributed by atoms with Crippen LogP contribution in [0.5, 0.6) is 23.0 Å². The van der Waals surface area contributed by atoms with Crippen LogP contribution in [0.2, 0.25) is 0 Å². The summed E-state index contributed by atoms with van der Waals surface area (Å²) >= 11 is 1.93. The van der Waals surface area contributed by atoms with E-state index in [1.165, 1.54) is 22.3 Å². The quantitative estimate of drug-likeness (QED) is 0.262. The maximum Gasteiger partial charge on any atom is 0.118 e. The Morgan fingerprint density at radius 2 is 0.571 bits per heavy atom. The maximum absolute atomic E-state index is 5.46. The first-order valence-corrected chi connectivity index (χ1v) is 12.2. The minimum atomic E-state index is -0.352. The monoisotopic (exact) mass is 484 g/mol. The molecule has 0 aliphatic carbocycles. The van der Waals surface area contributed by atoms with Crippen LogP contribution < -0.4 is 18.9 Å². The van der Waals surface area contributed by atoms with E-state index in [1.54, 1.807) is 28.4 Å². The molecule has 1 saturated heterocycles. The van der Waals surface area contributed by atoms with Crippen LogP contribution in [0.15, 0.2) is 97.1 Å². The Morgan fingerprint density at radius 1 is 0.371 bits per heavy atom. The average molecular weight is 485 g/mol. The summed E-state index contributed by atoms with van der Waals surface area (Å²) in [6.07, 6.45) is 0. The number of methoxy groups -OCH3 is 4. The molecule has 1 aliphatic rings. The minimum Gasteiger partial charge on any atom is -0.497 e. The number of hydrogen-bond acceptors (Lipinski definition) is 5. The summed E-state index contributed by atoms with van der Waals surface area (Å²) < 4.78 is 21.1. The van der Waals surface area contributed by atoms with E-state index >= 15 is 0 Å². The van der Waals surface area contributed by atoms with E-state index in [9.17, 15) is 0 Å². The lowest BCUT2D eigenvalue weighted by molar-refractivity contribution is 0.413. The van der Waals surface area contributed by atoms with Crippen LogP contribution in [0.1, 0.15) is 22.3 Å². The fourth-order valence-corrected chi connectivity index (χ4v) is 6.78. The molecular formula is C30H28O4S. The molecule has 0 aromatic heterocycles. The fourth-order valence-electron chi connectivity index (χ4n) is 4.89. The summed E-state index contributed by atoms with van der Waals surface area (Å²) in [7, 11) is 6.77. The van der Waals surface area contributed by atoms with Crippen molar-refractivity contribution in [1.29, 1.82) is 0 Å². The van der Waals surface area contributed by atoms with Gasteiger partial charge in [0.1, 0.15) is 23.0 Å². The van der Waals surface area contributed by atoms with Crippen molar-refractivity contribution >= 4 is 11.8 Å². The molecule has 0 atom stereocenters. The molecule has 178 valence electrons. The molecule has 0 unspecified atom stereocenters. The Kier molecular flexibility index (Phi) is 6.12. The summed E-state index contributed by atoms with van der Waals surface area (Å²) in [4.78, 5) is 0. The van der Waals surface area contributed by atoms with Crippen LogP contribution in [0.4, 0.5) is 0 Å². The summed E-state index contributed by atoms with van der Waals surface area (Å²) in [5.41, 5.74) is 4.83. The highest BCUT2D eigenvalue weighted by Crippen LogP contribution is 2.81. The van der Waals surface area contributed by atoms with E-state index in [2.05, 4.69) is 48.5 Å². The summed E-state index contributed by atoms with van der Waals surface area (Å²) in [6.45, 7) is 0. The van der Waals surface area contributed by atoms with Crippen molar-refractivity contribution in [3.63, 3.8) is 0 Å². The molecule has 0 saturated carbocycles. The van der Waals surface area contributed by atoms with E-state index in [4.69, 9.17) is 18.9 Å². The summed E-state index contributed by atoms with van der Waals surface area (Å²) in [6, 6.07) is 33.6. The molecule has 35 heavy (non-hydrogen) atoms. The standard InChI is InChI=1S/C30H28O4S/c1-31-25-13-5-21(6-14-25)29(22-7-15-26(32-2)16-8-22)30(35-29,23-9-17-27(33-3)18-10-23)24-11-19-28(34-4)20-12-24/h5-20H,1-4H3. The van der Waals surface area contributed by atoms with Crippen LogP contribution in [-0.2, 0) is 9.49 Å². The Bertz CT molecular complexity index is 1080.